The summed E-state index contributed by atoms with van der Waals surface area (Å²) in [6.07, 6.45) is 2.21. The van der Waals surface area contributed by atoms with Gasteiger partial charge in [-0.1, -0.05) is 12.1 Å². The van der Waals surface area contributed by atoms with Crippen LogP contribution in [0.25, 0.3) is 0 Å². The molecular weight excluding hydrogens is 192 g/mol. The minimum atomic E-state index is -0.900. The third-order valence-electron chi connectivity index (χ3n) is 2.54. The molecule has 0 saturated carbocycles. The average Bonchev–Trinajstić information content (AvgIpc) is 2.63. The van der Waals surface area contributed by atoms with Gasteiger partial charge in [-0.05, 0) is 31.0 Å². The molecule has 1 aromatic carbocycles. The van der Waals surface area contributed by atoms with Gasteiger partial charge >= 0.3 is 0 Å². The summed E-state index contributed by atoms with van der Waals surface area (Å²) in [5, 5.41) is 10.1. The van der Waals surface area contributed by atoms with E-state index in [9.17, 15) is 5.11 Å². The van der Waals surface area contributed by atoms with Crippen molar-refractivity contribution in [1.82, 2.24) is 0 Å². The molecule has 0 saturated heterocycles. The van der Waals surface area contributed by atoms with Crippen LogP contribution in [0, 0.1) is 0 Å². The number of rotatable bonds is 3. The van der Waals surface area contributed by atoms with Crippen LogP contribution in [-0.2, 0) is 5.60 Å². The fourth-order valence-corrected chi connectivity index (χ4v) is 1.63. The van der Waals surface area contributed by atoms with Crippen molar-refractivity contribution in [2.45, 2.75) is 18.9 Å². The van der Waals surface area contributed by atoms with Gasteiger partial charge < -0.3 is 14.6 Å². The van der Waals surface area contributed by atoms with Gasteiger partial charge in [-0.25, -0.2) is 0 Å². The molecule has 1 heterocycles. The van der Waals surface area contributed by atoms with Gasteiger partial charge in [0.15, 0.2) is 11.5 Å². The highest BCUT2D eigenvalue weighted by atomic mass is 16.7. The van der Waals surface area contributed by atoms with Crippen LogP contribution < -0.4 is 9.47 Å². The van der Waals surface area contributed by atoms with E-state index in [1.807, 2.05) is 18.2 Å². The summed E-state index contributed by atoms with van der Waals surface area (Å²) < 4.78 is 10.5. The van der Waals surface area contributed by atoms with E-state index in [0.29, 0.717) is 12.2 Å². The lowest BCUT2D eigenvalue weighted by atomic mass is 9.92. The first-order valence-corrected chi connectivity index (χ1v) is 4.87. The Balaban J connectivity index is 2.33. The number of benzene rings is 1. The average molecular weight is 206 g/mol. The van der Waals surface area contributed by atoms with Crippen LogP contribution in [0.4, 0.5) is 0 Å². The molecule has 0 radical (unpaired) electrons. The molecule has 0 spiro atoms. The summed E-state index contributed by atoms with van der Waals surface area (Å²) in [5.41, 5.74) is -0.0884. The first-order valence-electron chi connectivity index (χ1n) is 4.87. The van der Waals surface area contributed by atoms with Gasteiger partial charge in [-0.15, -0.1) is 6.58 Å². The molecule has 1 atom stereocenters. The minimum absolute atomic E-state index is 0.252. The van der Waals surface area contributed by atoms with E-state index in [4.69, 9.17) is 9.47 Å². The number of aliphatic hydroxyl groups is 1. The fourth-order valence-electron chi connectivity index (χ4n) is 1.63. The Labute approximate surface area is 88.9 Å². The third kappa shape index (κ3) is 1.83. The minimum Gasteiger partial charge on any atom is -0.454 e. The van der Waals surface area contributed by atoms with E-state index in [-0.39, 0.29) is 6.79 Å². The monoisotopic (exact) mass is 206 g/mol. The van der Waals surface area contributed by atoms with Crippen LogP contribution in [0.1, 0.15) is 18.9 Å². The number of hydrogen-bond acceptors (Lipinski definition) is 3. The van der Waals surface area contributed by atoms with Crippen LogP contribution in [-0.4, -0.2) is 11.9 Å². The zero-order valence-corrected chi connectivity index (χ0v) is 8.69. The normalized spacial score (nSPS) is 17.2. The lowest BCUT2D eigenvalue weighted by Crippen LogP contribution is -2.19. The highest BCUT2D eigenvalue weighted by molar-refractivity contribution is 5.45. The first kappa shape index (κ1) is 10.1. The number of hydrogen-bond donors (Lipinski definition) is 1. The Bertz CT molecular complexity index is 382. The van der Waals surface area contributed by atoms with Crippen LogP contribution >= 0.6 is 0 Å². The van der Waals surface area contributed by atoms with Gasteiger partial charge in [0.2, 0.25) is 6.79 Å². The van der Waals surface area contributed by atoms with E-state index in [0.717, 1.165) is 11.3 Å². The third-order valence-corrected chi connectivity index (χ3v) is 2.54. The Hall–Kier alpha value is -1.48. The highest BCUT2D eigenvalue weighted by Gasteiger charge is 2.24. The summed E-state index contributed by atoms with van der Waals surface area (Å²) in [7, 11) is 0. The van der Waals surface area contributed by atoms with Crippen LogP contribution in [0.3, 0.4) is 0 Å². The summed E-state index contributed by atoms with van der Waals surface area (Å²) in [4.78, 5) is 0. The zero-order chi connectivity index (χ0) is 10.9. The molecule has 1 aliphatic heterocycles. The van der Waals surface area contributed by atoms with Crippen molar-refractivity contribution < 1.29 is 14.6 Å². The van der Waals surface area contributed by atoms with Gasteiger partial charge in [-0.2, -0.15) is 0 Å². The molecular formula is C12H14O3. The molecule has 3 heteroatoms. The molecule has 0 fully saturated rings. The van der Waals surface area contributed by atoms with Gasteiger partial charge in [0.25, 0.3) is 0 Å². The maximum Gasteiger partial charge on any atom is 0.231 e. The van der Waals surface area contributed by atoms with Crippen LogP contribution in [0.5, 0.6) is 11.5 Å². The molecule has 0 aliphatic carbocycles. The van der Waals surface area contributed by atoms with E-state index < -0.39 is 5.60 Å². The Kier molecular flexibility index (Phi) is 2.40. The van der Waals surface area contributed by atoms with Gasteiger partial charge in [0, 0.05) is 0 Å². The lowest BCUT2D eigenvalue weighted by molar-refractivity contribution is 0.0604. The maximum atomic E-state index is 10.1. The Morgan fingerprint density at radius 1 is 1.47 bits per heavy atom. The molecule has 1 aliphatic rings. The maximum absolute atomic E-state index is 10.1. The van der Waals surface area contributed by atoms with Crippen molar-refractivity contribution in [1.29, 1.82) is 0 Å². The second-order valence-corrected chi connectivity index (χ2v) is 3.83. The lowest BCUT2D eigenvalue weighted by Gasteiger charge is -2.22. The van der Waals surface area contributed by atoms with Crippen LogP contribution in [0.15, 0.2) is 30.9 Å². The molecule has 2 rings (SSSR count). The Morgan fingerprint density at radius 2 is 2.20 bits per heavy atom. The van der Waals surface area contributed by atoms with Gasteiger partial charge in [0.05, 0.1) is 5.60 Å². The largest absolute Gasteiger partial charge is 0.454 e. The van der Waals surface area contributed by atoms with Crippen molar-refractivity contribution in [3.05, 3.63) is 36.4 Å². The summed E-state index contributed by atoms with van der Waals surface area (Å²) >= 11 is 0. The van der Waals surface area contributed by atoms with Gasteiger partial charge in [0.1, 0.15) is 0 Å². The van der Waals surface area contributed by atoms with E-state index in [2.05, 4.69) is 6.58 Å². The summed E-state index contributed by atoms with van der Waals surface area (Å²) in [6, 6.07) is 5.47. The molecule has 0 bridgehead atoms. The van der Waals surface area contributed by atoms with Crippen molar-refractivity contribution in [3.8, 4) is 11.5 Å². The van der Waals surface area contributed by atoms with Crippen molar-refractivity contribution >= 4 is 0 Å². The molecule has 80 valence electrons. The fraction of sp³-hybridized carbons (Fsp3) is 0.333. The second kappa shape index (κ2) is 3.59. The Morgan fingerprint density at radius 3 is 2.93 bits per heavy atom. The quantitative estimate of drug-likeness (QED) is 0.770. The van der Waals surface area contributed by atoms with Crippen molar-refractivity contribution in [2.75, 3.05) is 6.79 Å². The standard InChI is InChI=1S/C12H14O3/c1-3-6-12(2,13)9-4-5-10-11(7-9)15-8-14-10/h3-5,7,13H,1,6,8H2,2H3/t12-/m0/s1. The zero-order valence-electron chi connectivity index (χ0n) is 8.69. The molecule has 3 nitrogen and oxygen atoms in total. The van der Waals surface area contributed by atoms with Crippen LogP contribution in [0.2, 0.25) is 0 Å². The SMILES string of the molecule is C=CC[C@](C)(O)c1ccc2c(c1)OCO2. The molecule has 0 amide bonds. The summed E-state index contributed by atoms with van der Waals surface area (Å²) in [6.45, 7) is 5.64. The molecule has 15 heavy (non-hydrogen) atoms. The predicted octanol–water partition coefficient (Wildman–Crippen LogP) is 2.20. The van der Waals surface area contributed by atoms with Gasteiger partial charge in [-0.3, -0.25) is 0 Å². The number of ether oxygens (including phenoxy) is 2. The number of fused-ring (bicyclic) bond motifs is 1. The van der Waals surface area contributed by atoms with Crippen molar-refractivity contribution in [3.63, 3.8) is 0 Å². The molecule has 1 N–H and O–H groups in total. The smallest absolute Gasteiger partial charge is 0.231 e. The highest BCUT2D eigenvalue weighted by Crippen LogP contribution is 2.36. The molecule has 0 unspecified atom stereocenters. The van der Waals surface area contributed by atoms with E-state index in [1.54, 1.807) is 13.0 Å². The van der Waals surface area contributed by atoms with E-state index >= 15 is 0 Å². The van der Waals surface area contributed by atoms with Crippen molar-refractivity contribution in [2.24, 2.45) is 0 Å². The predicted molar refractivity (Wildman–Crippen MR) is 56.9 cm³/mol. The first-order chi connectivity index (χ1) is 7.13. The van der Waals surface area contributed by atoms with E-state index in [1.165, 1.54) is 0 Å². The molecule has 0 aromatic heterocycles. The second-order valence-electron chi connectivity index (χ2n) is 3.83. The molecule has 1 aromatic rings. The topological polar surface area (TPSA) is 38.7 Å². The summed E-state index contributed by atoms with van der Waals surface area (Å²) in [5.74, 6) is 1.42.